The van der Waals surface area contributed by atoms with Crippen LogP contribution in [0.25, 0.3) is 11.0 Å². The molecule has 2 rings (SSSR count). The van der Waals surface area contributed by atoms with Crippen molar-refractivity contribution in [2.24, 2.45) is 5.73 Å². The second-order valence-corrected chi connectivity index (χ2v) is 5.44. The molecule has 0 unspecified atom stereocenters. The van der Waals surface area contributed by atoms with Gasteiger partial charge >= 0.3 is 0 Å². The van der Waals surface area contributed by atoms with E-state index in [1.165, 1.54) is 24.6 Å². The number of carbonyl (C=O) groups excluding carboxylic acids is 1. The van der Waals surface area contributed by atoms with Crippen molar-refractivity contribution in [2.45, 2.75) is 37.9 Å². The molecule has 0 fully saturated rings. The number of hydrogen-bond acceptors (Lipinski definition) is 3. The smallest absolute Gasteiger partial charge is 0.227 e. The Bertz CT molecular complexity index is 565. The van der Waals surface area contributed by atoms with Gasteiger partial charge < -0.3 is 10.3 Å². The first-order valence-electron chi connectivity index (χ1n) is 6.58. The summed E-state index contributed by atoms with van der Waals surface area (Å²) in [4.78, 5) is 15.5. The average molecular weight is 277 g/mol. The Morgan fingerprint density at radius 1 is 1.37 bits per heavy atom. The molecule has 0 aliphatic carbocycles. The largest absolute Gasteiger partial charge is 0.369 e. The van der Waals surface area contributed by atoms with E-state index in [1.54, 1.807) is 0 Å². The predicted molar refractivity (Wildman–Crippen MR) is 79.2 cm³/mol. The van der Waals surface area contributed by atoms with Crippen molar-refractivity contribution in [3.63, 3.8) is 0 Å². The number of fused-ring (bicyclic) bond motifs is 1. The molecule has 0 spiro atoms. The first-order chi connectivity index (χ1) is 9.22. The summed E-state index contributed by atoms with van der Waals surface area (Å²) < 4.78 is 2.19. The highest BCUT2D eigenvalue weighted by atomic mass is 32.2. The molecule has 2 N–H and O–H groups in total. The van der Waals surface area contributed by atoms with E-state index in [0.29, 0.717) is 0 Å². The lowest BCUT2D eigenvalue weighted by Crippen LogP contribution is -2.13. The number of unbranched alkanes of at least 4 members (excludes halogenated alkanes) is 2. The van der Waals surface area contributed by atoms with E-state index in [1.807, 2.05) is 18.2 Å². The zero-order valence-corrected chi connectivity index (χ0v) is 11.9. The fourth-order valence-electron chi connectivity index (χ4n) is 2.04. The lowest BCUT2D eigenvalue weighted by Gasteiger charge is -2.07. The highest BCUT2D eigenvalue weighted by Gasteiger charge is 2.11. The van der Waals surface area contributed by atoms with Gasteiger partial charge in [-0.05, 0) is 18.6 Å². The number of primary amides is 1. The maximum atomic E-state index is 10.9. The van der Waals surface area contributed by atoms with Crippen LogP contribution in [0.4, 0.5) is 0 Å². The fraction of sp³-hybridized carbons (Fsp3) is 0.429. The molecule has 0 radical (unpaired) electrons. The molecule has 19 heavy (non-hydrogen) atoms. The van der Waals surface area contributed by atoms with Crippen molar-refractivity contribution in [1.82, 2.24) is 9.55 Å². The van der Waals surface area contributed by atoms with Crippen molar-refractivity contribution in [1.29, 1.82) is 0 Å². The molecule has 0 aliphatic heterocycles. The van der Waals surface area contributed by atoms with Gasteiger partial charge in [0.05, 0.1) is 16.8 Å². The Kier molecular flexibility index (Phi) is 4.85. The second kappa shape index (κ2) is 6.61. The predicted octanol–water partition coefficient (Wildman–Crippen LogP) is 2.80. The number of benzene rings is 1. The Hall–Kier alpha value is -1.49. The summed E-state index contributed by atoms with van der Waals surface area (Å²) in [5.74, 6) is -0.0333. The topological polar surface area (TPSA) is 60.9 Å². The lowest BCUT2D eigenvalue weighted by molar-refractivity contribution is -0.115. The normalized spacial score (nSPS) is 11.0. The second-order valence-electron chi connectivity index (χ2n) is 4.50. The van der Waals surface area contributed by atoms with E-state index in [0.717, 1.165) is 29.2 Å². The van der Waals surface area contributed by atoms with Crippen LogP contribution in [0, 0.1) is 0 Å². The number of nitrogens with two attached hydrogens (primary N) is 1. The van der Waals surface area contributed by atoms with Crippen LogP contribution in [-0.4, -0.2) is 21.2 Å². The van der Waals surface area contributed by atoms with Crippen molar-refractivity contribution < 1.29 is 4.79 Å². The van der Waals surface area contributed by atoms with E-state index in [2.05, 4.69) is 22.5 Å². The third kappa shape index (κ3) is 3.50. The number of rotatable bonds is 7. The summed E-state index contributed by atoms with van der Waals surface area (Å²) in [6, 6.07) is 8.07. The highest BCUT2D eigenvalue weighted by molar-refractivity contribution is 7.99. The minimum atomic E-state index is -0.308. The Morgan fingerprint density at radius 2 is 2.16 bits per heavy atom. The van der Waals surface area contributed by atoms with Gasteiger partial charge in [0.2, 0.25) is 5.91 Å². The molecule has 0 saturated heterocycles. The van der Waals surface area contributed by atoms with E-state index in [-0.39, 0.29) is 11.7 Å². The molecule has 1 aromatic heterocycles. The molecule has 0 aliphatic rings. The third-order valence-electron chi connectivity index (χ3n) is 2.95. The average Bonchev–Trinajstić information content (AvgIpc) is 2.75. The number of imidazole rings is 1. The Balaban J connectivity index is 2.26. The summed E-state index contributed by atoms with van der Waals surface area (Å²) in [6.07, 6.45) is 3.52. The van der Waals surface area contributed by atoms with E-state index >= 15 is 0 Å². The molecule has 5 heteroatoms. The molecule has 0 saturated carbocycles. The number of carbonyl (C=O) groups is 1. The zero-order chi connectivity index (χ0) is 13.7. The maximum Gasteiger partial charge on any atom is 0.227 e. The molecule has 102 valence electrons. The third-order valence-corrected chi connectivity index (χ3v) is 3.95. The summed E-state index contributed by atoms with van der Waals surface area (Å²) in [7, 11) is 0. The van der Waals surface area contributed by atoms with Gasteiger partial charge in [-0.25, -0.2) is 4.98 Å². The summed E-state index contributed by atoms with van der Waals surface area (Å²) in [5.41, 5.74) is 7.32. The van der Waals surface area contributed by atoms with Crippen LogP contribution < -0.4 is 5.73 Å². The van der Waals surface area contributed by atoms with Gasteiger partial charge in [-0.15, -0.1) is 0 Å². The molecule has 4 nitrogen and oxygen atoms in total. The maximum absolute atomic E-state index is 10.9. The monoisotopic (exact) mass is 277 g/mol. The molecule has 1 aromatic carbocycles. The molecular weight excluding hydrogens is 258 g/mol. The van der Waals surface area contributed by atoms with Crippen molar-refractivity contribution in [3.8, 4) is 0 Å². The van der Waals surface area contributed by atoms with Crippen LogP contribution in [0.15, 0.2) is 29.4 Å². The highest BCUT2D eigenvalue weighted by Crippen LogP contribution is 2.24. The minimum absolute atomic E-state index is 0.275. The van der Waals surface area contributed by atoms with Gasteiger partial charge in [0, 0.05) is 6.54 Å². The van der Waals surface area contributed by atoms with Gasteiger partial charge in [-0.3, -0.25) is 4.79 Å². The number of nitrogens with zero attached hydrogens (tertiary/aromatic N) is 2. The quantitative estimate of drug-likeness (QED) is 0.625. The standard InChI is InChI=1S/C14H19N3OS/c1-2-3-6-9-17-12-8-5-4-7-11(12)16-14(17)19-10-13(15)18/h4-5,7-8H,2-3,6,9-10H2,1H3,(H2,15,18). The van der Waals surface area contributed by atoms with Crippen LogP contribution in [0.3, 0.4) is 0 Å². The minimum Gasteiger partial charge on any atom is -0.369 e. The van der Waals surface area contributed by atoms with Crippen LogP contribution >= 0.6 is 11.8 Å². The van der Waals surface area contributed by atoms with Crippen LogP contribution in [-0.2, 0) is 11.3 Å². The molecule has 1 amide bonds. The first kappa shape index (κ1) is 13.9. The number of thioether (sulfide) groups is 1. The number of hydrogen-bond donors (Lipinski definition) is 1. The number of aryl methyl sites for hydroxylation is 1. The van der Waals surface area contributed by atoms with E-state index in [9.17, 15) is 4.79 Å². The molecule has 0 bridgehead atoms. The first-order valence-corrected chi connectivity index (χ1v) is 7.57. The number of para-hydroxylation sites is 2. The van der Waals surface area contributed by atoms with Gasteiger partial charge in [-0.1, -0.05) is 43.7 Å². The Morgan fingerprint density at radius 3 is 2.89 bits per heavy atom. The van der Waals surface area contributed by atoms with Gasteiger partial charge in [0.25, 0.3) is 0 Å². The Labute approximate surface area is 117 Å². The summed E-state index contributed by atoms with van der Waals surface area (Å²) in [5, 5.41) is 0.885. The summed E-state index contributed by atoms with van der Waals surface area (Å²) >= 11 is 1.42. The van der Waals surface area contributed by atoms with Gasteiger partial charge in [0.1, 0.15) is 0 Å². The molecule has 0 atom stereocenters. The lowest BCUT2D eigenvalue weighted by atomic mass is 10.2. The molecule has 1 heterocycles. The van der Waals surface area contributed by atoms with Crippen LogP contribution in [0.2, 0.25) is 0 Å². The van der Waals surface area contributed by atoms with E-state index < -0.39 is 0 Å². The van der Waals surface area contributed by atoms with Crippen molar-refractivity contribution >= 4 is 28.7 Å². The van der Waals surface area contributed by atoms with Gasteiger partial charge in [-0.2, -0.15) is 0 Å². The SMILES string of the molecule is CCCCCn1c(SCC(N)=O)nc2ccccc21. The van der Waals surface area contributed by atoms with Crippen molar-refractivity contribution in [3.05, 3.63) is 24.3 Å². The molecule has 2 aromatic rings. The molecular formula is C14H19N3OS. The van der Waals surface area contributed by atoms with Crippen molar-refractivity contribution in [2.75, 3.05) is 5.75 Å². The van der Waals surface area contributed by atoms with Crippen LogP contribution in [0.5, 0.6) is 0 Å². The van der Waals surface area contributed by atoms with Crippen LogP contribution in [0.1, 0.15) is 26.2 Å². The van der Waals surface area contributed by atoms with Gasteiger partial charge in [0.15, 0.2) is 5.16 Å². The van der Waals surface area contributed by atoms with E-state index in [4.69, 9.17) is 5.73 Å². The fourth-order valence-corrected chi connectivity index (χ4v) is 2.82. The summed E-state index contributed by atoms with van der Waals surface area (Å²) in [6.45, 7) is 3.13. The number of amides is 1. The zero-order valence-electron chi connectivity index (χ0n) is 11.1. The number of aromatic nitrogens is 2.